The Labute approximate surface area is 125 Å². The lowest BCUT2D eigenvalue weighted by Crippen LogP contribution is -2.45. The fourth-order valence-electron chi connectivity index (χ4n) is 1.63. The first-order valence-corrected chi connectivity index (χ1v) is 7.19. The summed E-state index contributed by atoms with van der Waals surface area (Å²) in [6.45, 7) is 5.65. The lowest BCUT2D eigenvalue weighted by atomic mass is 10.0. The average molecular weight is 300 g/mol. The molecule has 0 aliphatic heterocycles. The van der Waals surface area contributed by atoms with Crippen LogP contribution in [0.5, 0.6) is 5.75 Å². The highest BCUT2D eigenvalue weighted by atomic mass is 35.5. The molecule has 0 saturated heterocycles. The summed E-state index contributed by atoms with van der Waals surface area (Å²) in [5, 5.41) is 12.4. The Morgan fingerprint density at radius 1 is 1.40 bits per heavy atom. The first kappa shape index (κ1) is 16.8. The minimum absolute atomic E-state index is 0.00299. The zero-order chi connectivity index (χ0) is 15.1. The van der Waals surface area contributed by atoms with E-state index in [9.17, 15) is 4.79 Å². The molecule has 1 amide bonds. The highest BCUT2D eigenvalue weighted by Gasteiger charge is 2.22. The summed E-state index contributed by atoms with van der Waals surface area (Å²) in [7, 11) is 0. The van der Waals surface area contributed by atoms with Gasteiger partial charge in [0, 0.05) is 12.6 Å². The van der Waals surface area contributed by atoms with E-state index in [2.05, 4.69) is 5.32 Å². The van der Waals surface area contributed by atoms with Gasteiger partial charge in [-0.25, -0.2) is 0 Å². The van der Waals surface area contributed by atoms with Gasteiger partial charge in [0.15, 0.2) is 6.10 Å². The van der Waals surface area contributed by atoms with Gasteiger partial charge in [-0.1, -0.05) is 37.6 Å². The Bertz CT molecular complexity index is 439. The summed E-state index contributed by atoms with van der Waals surface area (Å²) in [5.74, 6) is 0.302. The third kappa shape index (κ3) is 4.69. The number of ether oxygens (including phenoxy) is 1. The van der Waals surface area contributed by atoms with Crippen LogP contribution in [0.25, 0.3) is 0 Å². The SMILES string of the molecule is CCC(Oc1ccccc1Cl)C(=O)NC(C)C(C)CO. The van der Waals surface area contributed by atoms with Gasteiger partial charge >= 0.3 is 0 Å². The predicted octanol–water partition coefficient (Wildman–Crippen LogP) is 2.63. The summed E-state index contributed by atoms with van der Waals surface area (Å²) in [6.07, 6.45) is -0.0552. The number of para-hydroxylation sites is 1. The zero-order valence-electron chi connectivity index (χ0n) is 12.1. The first-order valence-electron chi connectivity index (χ1n) is 6.82. The minimum Gasteiger partial charge on any atom is -0.479 e. The maximum absolute atomic E-state index is 12.2. The van der Waals surface area contributed by atoms with Gasteiger partial charge in [-0.3, -0.25) is 4.79 Å². The molecule has 1 aromatic carbocycles. The van der Waals surface area contributed by atoms with E-state index in [1.54, 1.807) is 18.2 Å². The molecule has 4 nitrogen and oxygen atoms in total. The summed E-state index contributed by atoms with van der Waals surface area (Å²) in [6, 6.07) is 6.95. The van der Waals surface area contributed by atoms with Crippen LogP contribution >= 0.6 is 11.6 Å². The largest absolute Gasteiger partial charge is 0.479 e. The molecule has 0 fully saturated rings. The van der Waals surface area contributed by atoms with Crippen molar-refractivity contribution in [3.63, 3.8) is 0 Å². The summed E-state index contributed by atoms with van der Waals surface area (Å²) in [5.41, 5.74) is 0. The van der Waals surface area contributed by atoms with E-state index in [1.165, 1.54) is 0 Å². The quantitative estimate of drug-likeness (QED) is 0.814. The van der Waals surface area contributed by atoms with Crippen LogP contribution in [0.4, 0.5) is 0 Å². The number of halogens is 1. The molecule has 0 bridgehead atoms. The maximum Gasteiger partial charge on any atom is 0.261 e. The second-order valence-electron chi connectivity index (χ2n) is 4.90. The normalized spacial score (nSPS) is 15.2. The number of hydrogen-bond donors (Lipinski definition) is 2. The number of rotatable bonds is 7. The Balaban J connectivity index is 2.66. The van der Waals surface area contributed by atoms with Crippen molar-refractivity contribution in [2.24, 2.45) is 5.92 Å². The molecule has 0 radical (unpaired) electrons. The lowest BCUT2D eigenvalue weighted by molar-refractivity contribution is -0.129. The van der Waals surface area contributed by atoms with Crippen molar-refractivity contribution in [3.05, 3.63) is 29.3 Å². The molecule has 3 unspecified atom stereocenters. The van der Waals surface area contributed by atoms with E-state index < -0.39 is 6.10 Å². The molecule has 0 aromatic heterocycles. The van der Waals surface area contributed by atoms with Gasteiger partial charge in [0.05, 0.1) is 5.02 Å². The number of carbonyl (C=O) groups excluding carboxylic acids is 1. The second kappa shape index (κ2) is 8.12. The van der Waals surface area contributed by atoms with E-state index in [0.29, 0.717) is 17.2 Å². The van der Waals surface area contributed by atoms with Crippen LogP contribution in [-0.4, -0.2) is 29.8 Å². The van der Waals surface area contributed by atoms with E-state index in [-0.39, 0.29) is 24.5 Å². The van der Waals surface area contributed by atoms with Crippen LogP contribution in [0.1, 0.15) is 27.2 Å². The number of carbonyl (C=O) groups is 1. The molecule has 112 valence electrons. The number of amides is 1. The number of benzene rings is 1. The van der Waals surface area contributed by atoms with Crippen molar-refractivity contribution in [1.29, 1.82) is 0 Å². The molecule has 0 spiro atoms. The average Bonchev–Trinajstić information content (AvgIpc) is 2.45. The van der Waals surface area contributed by atoms with Crippen LogP contribution in [0.2, 0.25) is 5.02 Å². The molecule has 0 saturated carbocycles. The van der Waals surface area contributed by atoms with Gasteiger partial charge in [0.25, 0.3) is 5.91 Å². The highest BCUT2D eigenvalue weighted by Crippen LogP contribution is 2.24. The van der Waals surface area contributed by atoms with Crippen molar-refractivity contribution >= 4 is 17.5 Å². The van der Waals surface area contributed by atoms with Crippen molar-refractivity contribution in [2.45, 2.75) is 39.3 Å². The van der Waals surface area contributed by atoms with E-state index in [1.807, 2.05) is 26.8 Å². The van der Waals surface area contributed by atoms with Gasteiger partial charge in [0.2, 0.25) is 0 Å². The smallest absolute Gasteiger partial charge is 0.261 e. The van der Waals surface area contributed by atoms with Gasteiger partial charge in [-0.15, -0.1) is 0 Å². The fraction of sp³-hybridized carbons (Fsp3) is 0.533. The monoisotopic (exact) mass is 299 g/mol. The van der Waals surface area contributed by atoms with E-state index >= 15 is 0 Å². The molecule has 0 aliphatic carbocycles. The molecule has 5 heteroatoms. The predicted molar refractivity (Wildman–Crippen MR) is 80.0 cm³/mol. The number of aliphatic hydroxyl groups is 1. The molecular weight excluding hydrogens is 278 g/mol. The first-order chi connectivity index (χ1) is 9.49. The zero-order valence-corrected chi connectivity index (χ0v) is 12.9. The summed E-state index contributed by atoms with van der Waals surface area (Å²) >= 11 is 6.02. The molecule has 1 rings (SSSR count). The number of nitrogens with one attached hydrogen (secondary N) is 1. The molecule has 20 heavy (non-hydrogen) atoms. The minimum atomic E-state index is -0.594. The van der Waals surface area contributed by atoms with Gasteiger partial charge in [-0.2, -0.15) is 0 Å². The molecule has 1 aromatic rings. The molecular formula is C15H22ClNO3. The van der Waals surface area contributed by atoms with Crippen LogP contribution < -0.4 is 10.1 Å². The summed E-state index contributed by atoms with van der Waals surface area (Å²) in [4.78, 5) is 12.2. The third-order valence-electron chi connectivity index (χ3n) is 3.28. The van der Waals surface area contributed by atoms with Gasteiger partial charge in [0.1, 0.15) is 5.75 Å². The molecule has 0 aliphatic rings. The Hall–Kier alpha value is -1.26. The highest BCUT2D eigenvalue weighted by molar-refractivity contribution is 6.32. The van der Waals surface area contributed by atoms with E-state index in [4.69, 9.17) is 21.4 Å². The van der Waals surface area contributed by atoms with Gasteiger partial charge in [-0.05, 0) is 31.4 Å². The number of aliphatic hydroxyl groups excluding tert-OH is 1. The number of hydrogen-bond acceptors (Lipinski definition) is 3. The van der Waals surface area contributed by atoms with Gasteiger partial charge < -0.3 is 15.2 Å². The van der Waals surface area contributed by atoms with Crippen LogP contribution in [0, 0.1) is 5.92 Å². The third-order valence-corrected chi connectivity index (χ3v) is 3.59. The Kier molecular flexibility index (Phi) is 6.82. The molecule has 2 N–H and O–H groups in total. The topological polar surface area (TPSA) is 58.6 Å². The van der Waals surface area contributed by atoms with Crippen LogP contribution in [0.3, 0.4) is 0 Å². The van der Waals surface area contributed by atoms with Crippen LogP contribution in [-0.2, 0) is 4.79 Å². The maximum atomic E-state index is 12.2. The van der Waals surface area contributed by atoms with Crippen molar-refractivity contribution in [1.82, 2.24) is 5.32 Å². The van der Waals surface area contributed by atoms with Crippen LogP contribution in [0.15, 0.2) is 24.3 Å². The molecule has 0 heterocycles. The van der Waals surface area contributed by atoms with Crippen molar-refractivity contribution in [2.75, 3.05) is 6.61 Å². The van der Waals surface area contributed by atoms with Crippen molar-refractivity contribution < 1.29 is 14.6 Å². The second-order valence-corrected chi connectivity index (χ2v) is 5.31. The Morgan fingerprint density at radius 2 is 2.05 bits per heavy atom. The molecule has 3 atom stereocenters. The Morgan fingerprint density at radius 3 is 2.60 bits per heavy atom. The summed E-state index contributed by atoms with van der Waals surface area (Å²) < 4.78 is 5.66. The van der Waals surface area contributed by atoms with Crippen molar-refractivity contribution in [3.8, 4) is 5.75 Å². The fourth-order valence-corrected chi connectivity index (χ4v) is 1.81. The van der Waals surface area contributed by atoms with E-state index in [0.717, 1.165) is 0 Å². The lowest BCUT2D eigenvalue weighted by Gasteiger charge is -2.23. The standard InChI is InChI=1S/C15H22ClNO3/c1-4-13(15(19)17-11(3)10(2)9-18)20-14-8-6-5-7-12(14)16/h5-8,10-11,13,18H,4,9H2,1-3H3,(H,17,19).